The van der Waals surface area contributed by atoms with Gasteiger partial charge in [-0.05, 0) is 32.0 Å². The van der Waals surface area contributed by atoms with Crippen molar-refractivity contribution in [3.8, 4) is 5.75 Å². The Hall–Kier alpha value is -1.88. The van der Waals surface area contributed by atoms with Crippen molar-refractivity contribution in [1.29, 1.82) is 0 Å². The Morgan fingerprint density at radius 1 is 1.15 bits per heavy atom. The fourth-order valence-corrected chi connectivity index (χ4v) is 3.00. The Morgan fingerprint density at radius 2 is 2.00 bits per heavy atom. The molecule has 20 heavy (non-hydrogen) atoms. The maximum atomic E-state index is 5.69. The van der Waals surface area contributed by atoms with Gasteiger partial charge >= 0.3 is 0 Å². The van der Waals surface area contributed by atoms with Crippen LogP contribution in [-0.2, 0) is 0 Å². The van der Waals surface area contributed by atoms with Gasteiger partial charge in [-0.25, -0.2) is 0 Å². The molecule has 2 aliphatic heterocycles. The molecule has 0 amide bonds. The minimum atomic E-state index is 0.102. The van der Waals surface area contributed by atoms with E-state index < -0.39 is 0 Å². The third kappa shape index (κ3) is 1.98. The molecule has 2 aliphatic rings. The van der Waals surface area contributed by atoms with E-state index in [1.807, 2.05) is 18.2 Å². The molecule has 4 rings (SSSR count). The number of hydrogen-bond donors (Lipinski definition) is 1. The van der Waals surface area contributed by atoms with Crippen LogP contribution >= 0.6 is 0 Å². The molecule has 3 heterocycles. The van der Waals surface area contributed by atoms with Gasteiger partial charge in [0.05, 0.1) is 5.92 Å². The molecular weight excluding hydrogens is 254 g/mol. The van der Waals surface area contributed by atoms with Gasteiger partial charge < -0.3 is 14.6 Å². The van der Waals surface area contributed by atoms with Gasteiger partial charge in [-0.2, -0.15) is 4.98 Å². The number of benzene rings is 1. The van der Waals surface area contributed by atoms with Gasteiger partial charge in [-0.15, -0.1) is 0 Å². The lowest BCUT2D eigenvalue weighted by Crippen LogP contribution is -2.26. The largest absolute Gasteiger partial charge is 0.492 e. The van der Waals surface area contributed by atoms with Gasteiger partial charge in [0.25, 0.3) is 0 Å². The molecular formula is C15H17N3O2. The first kappa shape index (κ1) is 11.9. The van der Waals surface area contributed by atoms with E-state index in [1.54, 1.807) is 0 Å². The standard InChI is InChI=1S/C15H17N3O2/c1-2-4-13-11(3-1)12(9-19-13)14-17-15(20-18-14)10-5-7-16-8-6-10/h1-4,10,12,16H,5-9H2. The van der Waals surface area contributed by atoms with E-state index in [0.29, 0.717) is 12.5 Å². The van der Waals surface area contributed by atoms with Crippen LogP contribution in [0, 0.1) is 0 Å². The normalized spacial score (nSPS) is 22.5. The van der Waals surface area contributed by atoms with Crippen LogP contribution < -0.4 is 10.1 Å². The zero-order valence-corrected chi connectivity index (χ0v) is 11.2. The van der Waals surface area contributed by atoms with Gasteiger partial charge in [0.2, 0.25) is 5.89 Å². The molecule has 1 atom stereocenters. The van der Waals surface area contributed by atoms with Crippen LogP contribution in [0.25, 0.3) is 0 Å². The minimum absolute atomic E-state index is 0.102. The molecule has 1 aromatic carbocycles. The Morgan fingerprint density at radius 3 is 2.90 bits per heavy atom. The van der Waals surface area contributed by atoms with Crippen LogP contribution in [0.2, 0.25) is 0 Å². The summed E-state index contributed by atoms with van der Waals surface area (Å²) < 4.78 is 11.2. The lowest BCUT2D eigenvalue weighted by molar-refractivity contribution is 0.312. The van der Waals surface area contributed by atoms with Crippen molar-refractivity contribution in [3.05, 3.63) is 41.5 Å². The second-order valence-corrected chi connectivity index (χ2v) is 5.42. The number of para-hydroxylation sites is 1. The van der Waals surface area contributed by atoms with E-state index >= 15 is 0 Å². The summed E-state index contributed by atoms with van der Waals surface area (Å²) in [6.07, 6.45) is 2.14. The third-order valence-electron chi connectivity index (χ3n) is 4.16. The highest BCUT2D eigenvalue weighted by Crippen LogP contribution is 2.37. The van der Waals surface area contributed by atoms with Gasteiger partial charge in [-0.1, -0.05) is 23.4 Å². The van der Waals surface area contributed by atoms with Crippen LogP contribution in [0.15, 0.2) is 28.8 Å². The van der Waals surface area contributed by atoms with Crippen molar-refractivity contribution in [1.82, 2.24) is 15.5 Å². The number of rotatable bonds is 2. The summed E-state index contributed by atoms with van der Waals surface area (Å²) in [5, 5.41) is 7.54. The molecule has 104 valence electrons. The molecule has 2 aromatic rings. The molecule has 1 N–H and O–H groups in total. The first-order chi connectivity index (χ1) is 9.92. The van der Waals surface area contributed by atoms with Crippen LogP contribution in [0.4, 0.5) is 0 Å². The monoisotopic (exact) mass is 271 g/mol. The van der Waals surface area contributed by atoms with Crippen molar-refractivity contribution < 1.29 is 9.26 Å². The summed E-state index contributed by atoms with van der Waals surface area (Å²) >= 11 is 0. The van der Waals surface area contributed by atoms with Crippen molar-refractivity contribution in [2.75, 3.05) is 19.7 Å². The summed E-state index contributed by atoms with van der Waals surface area (Å²) in [4.78, 5) is 4.63. The van der Waals surface area contributed by atoms with E-state index in [0.717, 1.165) is 49.0 Å². The topological polar surface area (TPSA) is 60.2 Å². The Balaban J connectivity index is 1.59. The fourth-order valence-electron chi connectivity index (χ4n) is 3.00. The second kappa shape index (κ2) is 4.90. The molecule has 1 saturated heterocycles. The van der Waals surface area contributed by atoms with Crippen LogP contribution in [0.5, 0.6) is 5.75 Å². The zero-order valence-electron chi connectivity index (χ0n) is 11.2. The van der Waals surface area contributed by atoms with Crippen LogP contribution in [-0.4, -0.2) is 29.8 Å². The Kier molecular flexibility index (Phi) is 2.92. The average Bonchev–Trinajstić information content (AvgIpc) is 3.14. The smallest absolute Gasteiger partial charge is 0.229 e. The fraction of sp³-hybridized carbons (Fsp3) is 0.467. The van der Waals surface area contributed by atoms with Crippen molar-refractivity contribution in [2.45, 2.75) is 24.7 Å². The number of fused-ring (bicyclic) bond motifs is 1. The highest BCUT2D eigenvalue weighted by molar-refractivity contribution is 5.42. The average molecular weight is 271 g/mol. The molecule has 0 radical (unpaired) electrons. The van der Waals surface area contributed by atoms with E-state index in [2.05, 4.69) is 21.5 Å². The van der Waals surface area contributed by atoms with E-state index in [1.165, 1.54) is 0 Å². The maximum Gasteiger partial charge on any atom is 0.229 e. The van der Waals surface area contributed by atoms with Crippen LogP contribution in [0.3, 0.4) is 0 Å². The molecule has 0 bridgehead atoms. The SMILES string of the molecule is c1ccc2c(c1)OCC2c1noc(C2CCNCC2)n1. The predicted molar refractivity (Wildman–Crippen MR) is 72.9 cm³/mol. The van der Waals surface area contributed by atoms with Gasteiger partial charge in [0.1, 0.15) is 12.4 Å². The molecule has 0 spiro atoms. The van der Waals surface area contributed by atoms with E-state index in [-0.39, 0.29) is 5.92 Å². The lowest BCUT2D eigenvalue weighted by atomic mass is 9.98. The third-order valence-corrected chi connectivity index (χ3v) is 4.16. The maximum absolute atomic E-state index is 5.69. The molecule has 1 fully saturated rings. The molecule has 5 heteroatoms. The number of nitrogens with one attached hydrogen (secondary N) is 1. The van der Waals surface area contributed by atoms with Crippen molar-refractivity contribution in [3.63, 3.8) is 0 Å². The lowest BCUT2D eigenvalue weighted by Gasteiger charge is -2.18. The summed E-state index contributed by atoms with van der Waals surface area (Å²) in [5.74, 6) is 2.97. The molecule has 0 saturated carbocycles. The number of aromatic nitrogens is 2. The first-order valence-corrected chi connectivity index (χ1v) is 7.18. The number of piperidine rings is 1. The van der Waals surface area contributed by atoms with Crippen molar-refractivity contribution in [2.24, 2.45) is 0 Å². The Labute approximate surface area is 117 Å². The molecule has 5 nitrogen and oxygen atoms in total. The highest BCUT2D eigenvalue weighted by atomic mass is 16.5. The predicted octanol–water partition coefficient (Wildman–Crippen LogP) is 2.06. The molecule has 1 aromatic heterocycles. The van der Waals surface area contributed by atoms with Gasteiger partial charge in [0.15, 0.2) is 5.82 Å². The highest BCUT2D eigenvalue weighted by Gasteiger charge is 2.30. The van der Waals surface area contributed by atoms with E-state index in [4.69, 9.17) is 9.26 Å². The summed E-state index contributed by atoms with van der Waals surface area (Å²) in [6, 6.07) is 8.07. The molecule has 0 aliphatic carbocycles. The van der Waals surface area contributed by atoms with Gasteiger partial charge in [0, 0.05) is 11.5 Å². The second-order valence-electron chi connectivity index (χ2n) is 5.42. The first-order valence-electron chi connectivity index (χ1n) is 7.18. The number of ether oxygens (including phenoxy) is 1. The molecule has 1 unspecified atom stereocenters. The van der Waals surface area contributed by atoms with Crippen molar-refractivity contribution >= 4 is 0 Å². The Bertz CT molecular complexity index is 605. The van der Waals surface area contributed by atoms with Gasteiger partial charge in [-0.3, -0.25) is 0 Å². The number of hydrogen-bond acceptors (Lipinski definition) is 5. The minimum Gasteiger partial charge on any atom is -0.492 e. The van der Waals surface area contributed by atoms with Crippen LogP contribution in [0.1, 0.15) is 42.0 Å². The van der Waals surface area contributed by atoms with E-state index in [9.17, 15) is 0 Å². The summed E-state index contributed by atoms with van der Waals surface area (Å²) in [6.45, 7) is 2.65. The zero-order chi connectivity index (χ0) is 13.4. The summed E-state index contributed by atoms with van der Waals surface area (Å²) in [5.41, 5.74) is 1.16. The number of nitrogens with zero attached hydrogens (tertiary/aromatic N) is 2. The quantitative estimate of drug-likeness (QED) is 0.906. The summed E-state index contributed by atoms with van der Waals surface area (Å²) in [7, 11) is 0.